The van der Waals surface area contributed by atoms with Gasteiger partial charge in [0.15, 0.2) is 5.11 Å². The molecule has 8 nitrogen and oxygen atoms in total. The lowest BCUT2D eigenvalue weighted by atomic mass is 10.2. The number of phenolic OH excluding ortho intramolecular Hbond substituents is 1. The Morgan fingerprint density at radius 2 is 1.82 bits per heavy atom. The monoisotopic (exact) mass is 462 g/mol. The maximum atomic E-state index is 12.4. The summed E-state index contributed by atoms with van der Waals surface area (Å²) in [5.74, 6) is -0.782. The maximum absolute atomic E-state index is 12.4. The maximum Gasteiger partial charge on any atom is 0.270 e. The molecule has 28 heavy (non-hydrogen) atoms. The Morgan fingerprint density at radius 1 is 1.14 bits per heavy atom. The second kappa shape index (κ2) is 9.24. The number of thiocarbonyl (C=S) groups is 1. The molecule has 0 aliphatic rings. The third-order valence-electron chi connectivity index (χ3n) is 3.35. The van der Waals surface area contributed by atoms with Gasteiger partial charge in [0.25, 0.3) is 11.6 Å². The smallest absolute Gasteiger partial charge is 0.270 e. The highest BCUT2D eigenvalue weighted by atomic mass is 35.6. The molecule has 1 atom stereocenters. The number of amides is 1. The summed E-state index contributed by atoms with van der Waals surface area (Å²) in [6.45, 7) is 0. The number of para-hydroxylation sites is 2. The third-order valence-corrected chi connectivity index (χ3v) is 4.22. The highest BCUT2D eigenvalue weighted by molar-refractivity contribution is 7.80. The van der Waals surface area contributed by atoms with Crippen molar-refractivity contribution in [1.82, 2.24) is 10.6 Å². The van der Waals surface area contributed by atoms with E-state index in [0.717, 1.165) is 6.07 Å². The molecule has 0 bridgehead atoms. The standard InChI is InChI=1S/C16H13Cl3N4O4S/c17-16(18,19)14(22-15(28)20-11-6-1-2-7-12(11)24)21-13(25)9-4-3-5-10(8-9)23(26)27/h1-8,14,24H,(H,21,25)(H2,20,22,28)/t14-/m1/s1. The Kier molecular flexibility index (Phi) is 7.25. The van der Waals surface area contributed by atoms with Crippen LogP contribution < -0.4 is 16.0 Å². The number of alkyl halides is 3. The van der Waals surface area contributed by atoms with Crippen LogP contribution in [0, 0.1) is 10.1 Å². The molecule has 4 N–H and O–H groups in total. The van der Waals surface area contributed by atoms with Gasteiger partial charge in [0.1, 0.15) is 11.9 Å². The van der Waals surface area contributed by atoms with E-state index in [1.165, 1.54) is 24.3 Å². The SMILES string of the molecule is O=C(N[C@H](NC(=S)Nc1ccccc1O)C(Cl)(Cl)Cl)c1cccc([N+](=O)[O-])c1. The number of anilines is 1. The average molecular weight is 464 g/mol. The van der Waals surface area contributed by atoms with Crippen LogP contribution in [0.3, 0.4) is 0 Å². The number of non-ortho nitro benzene ring substituents is 1. The Hall–Kier alpha value is -2.33. The molecule has 2 rings (SSSR count). The second-order valence-electron chi connectivity index (χ2n) is 5.37. The number of rotatable bonds is 5. The van der Waals surface area contributed by atoms with E-state index in [4.69, 9.17) is 47.0 Å². The Balaban J connectivity index is 2.12. The molecule has 2 aromatic carbocycles. The fourth-order valence-corrected chi connectivity index (χ4v) is 2.60. The molecule has 0 unspecified atom stereocenters. The van der Waals surface area contributed by atoms with Crippen molar-refractivity contribution in [3.05, 3.63) is 64.2 Å². The van der Waals surface area contributed by atoms with Crippen LogP contribution >= 0.6 is 47.0 Å². The Morgan fingerprint density at radius 3 is 2.43 bits per heavy atom. The van der Waals surface area contributed by atoms with Gasteiger partial charge in [0, 0.05) is 17.7 Å². The lowest BCUT2D eigenvalue weighted by Gasteiger charge is -2.27. The van der Waals surface area contributed by atoms with Gasteiger partial charge in [-0.1, -0.05) is 53.0 Å². The van der Waals surface area contributed by atoms with Crippen molar-refractivity contribution >= 4 is 69.4 Å². The van der Waals surface area contributed by atoms with Crippen LogP contribution in [0.1, 0.15) is 10.4 Å². The van der Waals surface area contributed by atoms with Crippen LogP contribution in [-0.2, 0) is 0 Å². The molecule has 0 saturated carbocycles. The van der Waals surface area contributed by atoms with E-state index in [-0.39, 0.29) is 22.1 Å². The number of hydrogen-bond donors (Lipinski definition) is 4. The number of carbonyl (C=O) groups is 1. The van der Waals surface area contributed by atoms with Crippen LogP contribution in [0.25, 0.3) is 0 Å². The molecular formula is C16H13Cl3N4O4S. The molecular weight excluding hydrogens is 451 g/mol. The number of nitrogens with zero attached hydrogens (tertiary/aromatic N) is 1. The first kappa shape index (κ1) is 22.0. The third kappa shape index (κ3) is 6.10. The lowest BCUT2D eigenvalue weighted by molar-refractivity contribution is -0.384. The number of halogens is 3. The minimum atomic E-state index is -2.01. The van der Waals surface area contributed by atoms with Crippen molar-refractivity contribution in [3.63, 3.8) is 0 Å². The second-order valence-corrected chi connectivity index (χ2v) is 8.15. The summed E-state index contributed by atoms with van der Waals surface area (Å²) < 4.78 is -2.01. The van der Waals surface area contributed by atoms with Gasteiger partial charge in [0.2, 0.25) is 3.79 Å². The number of nitrogens with one attached hydrogen (secondary N) is 3. The van der Waals surface area contributed by atoms with Crippen molar-refractivity contribution < 1.29 is 14.8 Å². The van der Waals surface area contributed by atoms with E-state index in [1.807, 2.05) is 0 Å². The minimum absolute atomic E-state index is 0.00479. The summed E-state index contributed by atoms with van der Waals surface area (Å²) in [4.78, 5) is 22.6. The zero-order valence-electron chi connectivity index (χ0n) is 13.9. The number of nitro groups is 1. The molecule has 0 aromatic heterocycles. The normalized spacial score (nSPS) is 12.0. The first-order valence-corrected chi connectivity index (χ1v) is 9.09. The van der Waals surface area contributed by atoms with Gasteiger partial charge in [0.05, 0.1) is 10.6 Å². The number of benzene rings is 2. The number of carbonyl (C=O) groups excluding carboxylic acids is 1. The highest BCUT2D eigenvalue weighted by Crippen LogP contribution is 2.30. The molecule has 148 valence electrons. The first-order valence-electron chi connectivity index (χ1n) is 7.55. The number of hydrogen-bond acceptors (Lipinski definition) is 5. The number of nitro benzene ring substituents is 1. The van der Waals surface area contributed by atoms with E-state index in [1.54, 1.807) is 18.2 Å². The zero-order chi connectivity index (χ0) is 20.9. The molecule has 0 aliphatic heterocycles. The van der Waals surface area contributed by atoms with Crippen LogP contribution in [-0.4, -0.2) is 31.0 Å². The fraction of sp³-hybridized carbons (Fsp3) is 0.125. The quantitative estimate of drug-likeness (QED) is 0.133. The van der Waals surface area contributed by atoms with Crippen LogP contribution in [0.4, 0.5) is 11.4 Å². The number of aromatic hydroxyl groups is 1. The summed E-state index contributed by atoms with van der Waals surface area (Å²) in [6, 6.07) is 11.4. The fourth-order valence-electron chi connectivity index (χ4n) is 2.04. The van der Waals surface area contributed by atoms with Gasteiger partial charge in [-0.3, -0.25) is 14.9 Å². The lowest BCUT2D eigenvalue weighted by Crippen LogP contribution is -2.56. The number of phenols is 1. The van der Waals surface area contributed by atoms with Crippen LogP contribution in [0.2, 0.25) is 0 Å². The Bertz CT molecular complexity index is 907. The van der Waals surface area contributed by atoms with E-state index in [2.05, 4.69) is 16.0 Å². The molecule has 12 heteroatoms. The summed E-state index contributed by atoms with van der Waals surface area (Å²) in [5, 5.41) is 28.3. The molecule has 2 aromatic rings. The van der Waals surface area contributed by atoms with Crippen molar-refractivity contribution in [3.8, 4) is 5.75 Å². The van der Waals surface area contributed by atoms with Gasteiger partial charge >= 0.3 is 0 Å². The summed E-state index contributed by atoms with van der Waals surface area (Å²) in [5.41, 5.74) is 0.0330. The predicted octanol–water partition coefficient (Wildman–Crippen LogP) is 3.71. The van der Waals surface area contributed by atoms with Gasteiger partial charge in [-0.2, -0.15) is 0 Å². The topological polar surface area (TPSA) is 117 Å². The van der Waals surface area contributed by atoms with Gasteiger partial charge in [-0.05, 0) is 30.4 Å². The van der Waals surface area contributed by atoms with E-state index >= 15 is 0 Å². The Labute approximate surface area is 179 Å². The molecule has 0 aliphatic carbocycles. The molecule has 0 heterocycles. The molecule has 0 fully saturated rings. The van der Waals surface area contributed by atoms with Crippen molar-refractivity contribution in [2.75, 3.05) is 5.32 Å². The van der Waals surface area contributed by atoms with E-state index < -0.39 is 20.8 Å². The van der Waals surface area contributed by atoms with Gasteiger partial charge < -0.3 is 21.1 Å². The van der Waals surface area contributed by atoms with Crippen LogP contribution in [0.5, 0.6) is 5.75 Å². The minimum Gasteiger partial charge on any atom is -0.506 e. The molecule has 1 amide bonds. The van der Waals surface area contributed by atoms with Crippen molar-refractivity contribution in [2.24, 2.45) is 0 Å². The average Bonchev–Trinajstić information content (AvgIpc) is 2.62. The first-order chi connectivity index (χ1) is 13.1. The largest absolute Gasteiger partial charge is 0.506 e. The predicted molar refractivity (Wildman–Crippen MR) is 112 cm³/mol. The summed E-state index contributed by atoms with van der Waals surface area (Å²) >= 11 is 22.8. The molecule has 0 radical (unpaired) electrons. The zero-order valence-corrected chi connectivity index (χ0v) is 16.9. The summed E-state index contributed by atoms with van der Waals surface area (Å²) in [6.07, 6.45) is -1.28. The van der Waals surface area contributed by atoms with Crippen LogP contribution in [0.15, 0.2) is 48.5 Å². The van der Waals surface area contributed by atoms with E-state index in [9.17, 15) is 20.0 Å². The molecule has 0 saturated heterocycles. The highest BCUT2D eigenvalue weighted by Gasteiger charge is 2.35. The summed E-state index contributed by atoms with van der Waals surface area (Å²) in [7, 11) is 0. The van der Waals surface area contributed by atoms with E-state index in [0.29, 0.717) is 5.69 Å². The van der Waals surface area contributed by atoms with Gasteiger partial charge in [-0.25, -0.2) is 0 Å². The van der Waals surface area contributed by atoms with Gasteiger partial charge in [-0.15, -0.1) is 0 Å². The van der Waals surface area contributed by atoms with Crippen molar-refractivity contribution in [2.45, 2.75) is 9.96 Å². The molecule has 0 spiro atoms. The van der Waals surface area contributed by atoms with Crippen molar-refractivity contribution in [1.29, 1.82) is 0 Å².